The zero-order valence-electron chi connectivity index (χ0n) is 5.53. The summed E-state index contributed by atoms with van der Waals surface area (Å²) in [5, 5.41) is 0. The van der Waals surface area contributed by atoms with Gasteiger partial charge in [0.25, 0.3) is 0 Å². The minimum Gasteiger partial charge on any atom is -0.295 e. The molecule has 0 aromatic heterocycles. The molecule has 4 saturated carbocycles. The van der Waals surface area contributed by atoms with E-state index < -0.39 is 0 Å². The van der Waals surface area contributed by atoms with Gasteiger partial charge in [0.05, 0.1) is 0 Å². The number of carbonyl (C=O) groups excluding carboxylic acids is 1. The molecule has 1 nitrogen and oxygen atoms in total. The van der Waals surface area contributed by atoms with Crippen molar-refractivity contribution in [3.63, 3.8) is 0 Å². The standard InChI is InChI=1S/C9H8O/c10-4-2-1-3-5(4)7-8-6(3)9(7)8/h1-3,5-9H. The van der Waals surface area contributed by atoms with Gasteiger partial charge in [-0.25, -0.2) is 0 Å². The molecule has 50 valence electrons. The van der Waals surface area contributed by atoms with Crippen molar-refractivity contribution < 1.29 is 4.79 Å². The van der Waals surface area contributed by atoms with Gasteiger partial charge in [-0.05, 0) is 35.7 Å². The van der Waals surface area contributed by atoms with Crippen molar-refractivity contribution in [1.82, 2.24) is 0 Å². The second-order valence-corrected chi connectivity index (χ2v) is 4.17. The first-order valence-corrected chi connectivity index (χ1v) is 4.11. The molecule has 1 heteroatoms. The van der Waals surface area contributed by atoms with E-state index in [1.165, 1.54) is 0 Å². The molecule has 0 radical (unpaired) electrons. The SMILES string of the molecule is O=C1C=CC2C1C1C3C2C13. The Morgan fingerprint density at radius 1 is 1.10 bits per heavy atom. The molecule has 5 rings (SSSR count). The van der Waals surface area contributed by atoms with Crippen LogP contribution in [0.4, 0.5) is 0 Å². The third-order valence-corrected chi connectivity index (χ3v) is 4.03. The number of rotatable bonds is 0. The lowest BCUT2D eigenvalue weighted by Crippen LogP contribution is -2.10. The molecule has 0 amide bonds. The van der Waals surface area contributed by atoms with E-state index in [9.17, 15) is 4.79 Å². The molecule has 2 bridgehead atoms. The lowest BCUT2D eigenvalue weighted by molar-refractivity contribution is -0.118. The van der Waals surface area contributed by atoms with E-state index in [1.807, 2.05) is 6.08 Å². The van der Waals surface area contributed by atoms with E-state index in [0.29, 0.717) is 17.6 Å². The molecule has 0 saturated heterocycles. The first-order chi connectivity index (χ1) is 4.89. The van der Waals surface area contributed by atoms with Gasteiger partial charge in [-0.2, -0.15) is 0 Å². The molecular formula is C9H8O. The maximum absolute atomic E-state index is 11.2. The molecule has 0 aromatic rings. The van der Waals surface area contributed by atoms with Crippen LogP contribution in [0.3, 0.4) is 0 Å². The van der Waals surface area contributed by atoms with Crippen LogP contribution in [0.2, 0.25) is 0 Å². The molecule has 0 aliphatic heterocycles. The highest BCUT2D eigenvalue weighted by molar-refractivity contribution is 5.96. The lowest BCUT2D eigenvalue weighted by atomic mass is 9.99. The second kappa shape index (κ2) is 0.919. The fourth-order valence-electron chi connectivity index (χ4n) is 3.57. The zero-order valence-corrected chi connectivity index (χ0v) is 5.53. The Labute approximate surface area is 59.1 Å². The Bertz CT molecular complexity index is 268. The molecule has 0 aromatic carbocycles. The maximum atomic E-state index is 11.2. The highest BCUT2D eigenvalue weighted by atomic mass is 16.1. The number of hydrogen-bond acceptors (Lipinski definition) is 1. The number of carbonyl (C=O) groups is 1. The molecule has 5 aliphatic carbocycles. The van der Waals surface area contributed by atoms with E-state index in [-0.39, 0.29) is 0 Å². The average Bonchev–Trinajstić information content (AvgIpc) is 2.67. The first-order valence-electron chi connectivity index (χ1n) is 4.11. The van der Waals surface area contributed by atoms with Gasteiger partial charge in [0.15, 0.2) is 5.78 Å². The highest BCUT2D eigenvalue weighted by Crippen LogP contribution is 2.86. The fraction of sp³-hybridized carbons (Fsp3) is 0.667. The van der Waals surface area contributed by atoms with Crippen molar-refractivity contribution in [2.24, 2.45) is 35.5 Å². The van der Waals surface area contributed by atoms with Crippen LogP contribution < -0.4 is 0 Å². The normalized spacial score (nSPS) is 71.8. The summed E-state index contributed by atoms with van der Waals surface area (Å²) in [6.07, 6.45) is 3.98. The Kier molecular flexibility index (Phi) is 0.397. The molecule has 4 fully saturated rings. The lowest BCUT2D eigenvalue weighted by Gasteiger charge is -2.02. The van der Waals surface area contributed by atoms with E-state index >= 15 is 0 Å². The minimum absolute atomic E-state index is 0.433. The summed E-state index contributed by atoms with van der Waals surface area (Å²) in [7, 11) is 0. The Hall–Kier alpha value is -0.590. The van der Waals surface area contributed by atoms with Crippen LogP contribution in [-0.2, 0) is 4.79 Å². The topological polar surface area (TPSA) is 17.1 Å². The van der Waals surface area contributed by atoms with E-state index in [0.717, 1.165) is 23.7 Å². The smallest absolute Gasteiger partial charge is 0.159 e. The van der Waals surface area contributed by atoms with Crippen LogP contribution in [0, 0.1) is 35.5 Å². The third-order valence-electron chi connectivity index (χ3n) is 4.03. The maximum Gasteiger partial charge on any atom is 0.159 e. The molecule has 5 aliphatic rings. The van der Waals surface area contributed by atoms with Crippen molar-refractivity contribution in [3.8, 4) is 0 Å². The molecule has 0 spiro atoms. The van der Waals surface area contributed by atoms with Crippen LogP contribution in [0.5, 0.6) is 0 Å². The summed E-state index contributed by atoms with van der Waals surface area (Å²) < 4.78 is 0. The Morgan fingerprint density at radius 3 is 2.60 bits per heavy atom. The molecule has 0 heterocycles. The fourth-order valence-corrected chi connectivity index (χ4v) is 3.57. The van der Waals surface area contributed by atoms with Gasteiger partial charge in [0.1, 0.15) is 0 Å². The van der Waals surface area contributed by atoms with Crippen LogP contribution in [0.25, 0.3) is 0 Å². The molecule has 4 unspecified atom stereocenters. The quantitative estimate of drug-likeness (QED) is 0.478. The van der Waals surface area contributed by atoms with Gasteiger partial charge < -0.3 is 0 Å². The Balaban J connectivity index is 1.93. The van der Waals surface area contributed by atoms with E-state index in [2.05, 4.69) is 6.08 Å². The van der Waals surface area contributed by atoms with Crippen molar-refractivity contribution in [3.05, 3.63) is 12.2 Å². The second-order valence-electron chi connectivity index (χ2n) is 4.17. The minimum atomic E-state index is 0.433. The van der Waals surface area contributed by atoms with Crippen molar-refractivity contribution in [2.45, 2.75) is 0 Å². The van der Waals surface area contributed by atoms with Gasteiger partial charge >= 0.3 is 0 Å². The predicted octanol–water partition coefficient (Wildman–Crippen LogP) is 0.863. The third kappa shape index (κ3) is 0.230. The summed E-state index contributed by atoms with van der Waals surface area (Å²) in [5.41, 5.74) is 0. The van der Waals surface area contributed by atoms with Crippen LogP contribution in [0.1, 0.15) is 0 Å². The van der Waals surface area contributed by atoms with Crippen molar-refractivity contribution in [2.75, 3.05) is 0 Å². The monoisotopic (exact) mass is 132 g/mol. The predicted molar refractivity (Wildman–Crippen MR) is 35.1 cm³/mol. The van der Waals surface area contributed by atoms with E-state index in [1.54, 1.807) is 0 Å². The summed E-state index contributed by atoms with van der Waals surface area (Å²) in [6.45, 7) is 0. The Morgan fingerprint density at radius 2 is 1.90 bits per heavy atom. The highest BCUT2D eigenvalue weighted by Gasteiger charge is 2.85. The zero-order chi connectivity index (χ0) is 6.46. The first kappa shape index (κ1) is 4.32. The van der Waals surface area contributed by atoms with Gasteiger partial charge in [-0.1, -0.05) is 6.08 Å². The molecule has 4 atom stereocenters. The number of hydrogen-bond donors (Lipinski definition) is 0. The van der Waals surface area contributed by atoms with Crippen LogP contribution in [0.15, 0.2) is 12.2 Å². The van der Waals surface area contributed by atoms with Gasteiger partial charge in [-0.3, -0.25) is 4.79 Å². The van der Waals surface area contributed by atoms with Crippen molar-refractivity contribution in [1.29, 1.82) is 0 Å². The average molecular weight is 132 g/mol. The summed E-state index contributed by atoms with van der Waals surface area (Å²) in [5.74, 6) is 5.47. The molecular weight excluding hydrogens is 124 g/mol. The summed E-state index contributed by atoms with van der Waals surface area (Å²) >= 11 is 0. The van der Waals surface area contributed by atoms with Crippen LogP contribution in [-0.4, -0.2) is 5.78 Å². The van der Waals surface area contributed by atoms with E-state index in [4.69, 9.17) is 0 Å². The van der Waals surface area contributed by atoms with Crippen LogP contribution >= 0.6 is 0 Å². The molecule has 0 N–H and O–H groups in total. The molecule has 10 heavy (non-hydrogen) atoms. The summed E-state index contributed by atoms with van der Waals surface area (Å²) in [6, 6.07) is 0. The van der Waals surface area contributed by atoms with Gasteiger partial charge in [-0.15, -0.1) is 0 Å². The number of ketones is 1. The number of allylic oxidation sites excluding steroid dienone is 2. The largest absolute Gasteiger partial charge is 0.295 e. The van der Waals surface area contributed by atoms with Gasteiger partial charge in [0, 0.05) is 5.92 Å². The summed E-state index contributed by atoms with van der Waals surface area (Å²) in [4.78, 5) is 11.2. The van der Waals surface area contributed by atoms with Gasteiger partial charge in [0.2, 0.25) is 0 Å². The van der Waals surface area contributed by atoms with Crippen molar-refractivity contribution >= 4 is 5.78 Å².